The second kappa shape index (κ2) is 4.63. The van der Waals surface area contributed by atoms with Crippen LogP contribution in [0.3, 0.4) is 0 Å². The second-order valence-electron chi connectivity index (χ2n) is 5.80. The van der Waals surface area contributed by atoms with Crippen molar-refractivity contribution in [3.8, 4) is 0 Å². The zero-order valence-corrected chi connectivity index (χ0v) is 11.4. The Kier molecular flexibility index (Phi) is 3.11. The van der Waals surface area contributed by atoms with Crippen molar-refractivity contribution in [2.45, 2.75) is 45.9 Å². The van der Waals surface area contributed by atoms with E-state index in [1.165, 1.54) is 0 Å². The van der Waals surface area contributed by atoms with E-state index in [2.05, 4.69) is 40.9 Å². The smallest absolute Gasteiger partial charge is 0.162 e. The minimum absolute atomic E-state index is 0.136. The Bertz CT molecular complexity index is 429. The Labute approximate surface area is 108 Å². The average Bonchev–Trinajstić information content (AvgIpc) is 2.93. The van der Waals surface area contributed by atoms with Crippen molar-refractivity contribution in [2.24, 2.45) is 11.8 Å². The first kappa shape index (κ1) is 12.1. The molecule has 0 saturated carbocycles. The highest BCUT2D eigenvalue weighted by Crippen LogP contribution is 2.35. The monoisotopic (exact) mass is 250 g/mol. The van der Waals surface area contributed by atoms with E-state index in [9.17, 15) is 0 Å². The summed E-state index contributed by atoms with van der Waals surface area (Å²) >= 11 is 0. The van der Waals surface area contributed by atoms with Gasteiger partial charge < -0.3 is 14.6 Å². The molecule has 5 nitrogen and oxygen atoms in total. The van der Waals surface area contributed by atoms with Crippen molar-refractivity contribution in [3.63, 3.8) is 0 Å². The van der Waals surface area contributed by atoms with E-state index in [0.717, 1.165) is 37.8 Å². The largest absolute Gasteiger partial charge is 0.370 e. The number of rotatable bonds is 2. The van der Waals surface area contributed by atoms with Gasteiger partial charge in [0.05, 0.1) is 6.04 Å². The van der Waals surface area contributed by atoms with Crippen molar-refractivity contribution in [3.05, 3.63) is 11.6 Å². The number of ether oxygens (including phenoxy) is 1. The van der Waals surface area contributed by atoms with Crippen LogP contribution in [0.4, 0.5) is 0 Å². The third kappa shape index (κ3) is 1.86. The number of fused-ring (bicyclic) bond motifs is 1. The van der Waals surface area contributed by atoms with Crippen LogP contribution >= 0.6 is 0 Å². The molecule has 3 unspecified atom stereocenters. The van der Waals surface area contributed by atoms with Crippen molar-refractivity contribution < 1.29 is 4.74 Å². The number of nitrogens with one attached hydrogen (secondary N) is 1. The van der Waals surface area contributed by atoms with Gasteiger partial charge in [-0.3, -0.25) is 0 Å². The molecule has 2 aliphatic rings. The highest BCUT2D eigenvalue weighted by molar-refractivity contribution is 5.08. The molecule has 0 aliphatic carbocycles. The molecule has 0 bridgehead atoms. The van der Waals surface area contributed by atoms with E-state index < -0.39 is 0 Å². The van der Waals surface area contributed by atoms with Gasteiger partial charge in [0.15, 0.2) is 11.6 Å². The third-order valence-corrected chi connectivity index (χ3v) is 4.09. The van der Waals surface area contributed by atoms with E-state index >= 15 is 0 Å². The fourth-order valence-electron chi connectivity index (χ4n) is 2.98. The average molecular weight is 250 g/mol. The zero-order chi connectivity index (χ0) is 12.7. The van der Waals surface area contributed by atoms with Crippen molar-refractivity contribution in [2.75, 3.05) is 13.2 Å². The predicted molar refractivity (Wildman–Crippen MR) is 68.1 cm³/mol. The standard InChI is InChI=1S/C13H22N4O/c1-8(2)10-12-15-16-13(17(12)6-5-14-10)11-9(3)4-7-18-11/h8-11,14H,4-7H2,1-3H3. The number of nitrogens with zero attached hydrogens (tertiary/aromatic N) is 3. The molecule has 0 amide bonds. The minimum Gasteiger partial charge on any atom is -0.370 e. The van der Waals surface area contributed by atoms with Gasteiger partial charge in [-0.25, -0.2) is 0 Å². The molecular weight excluding hydrogens is 228 g/mol. The summed E-state index contributed by atoms with van der Waals surface area (Å²) in [6.07, 6.45) is 1.26. The number of hydrogen-bond donors (Lipinski definition) is 1. The SMILES string of the molecule is CC(C)C1NCCn2c1nnc2C1OCCC1C. The van der Waals surface area contributed by atoms with Gasteiger partial charge in [-0.05, 0) is 18.3 Å². The van der Waals surface area contributed by atoms with Crippen LogP contribution in [0.5, 0.6) is 0 Å². The summed E-state index contributed by atoms with van der Waals surface area (Å²) in [6.45, 7) is 9.46. The van der Waals surface area contributed by atoms with Gasteiger partial charge >= 0.3 is 0 Å². The maximum atomic E-state index is 5.83. The van der Waals surface area contributed by atoms with E-state index in [1.807, 2.05) is 0 Å². The maximum absolute atomic E-state index is 5.83. The van der Waals surface area contributed by atoms with Gasteiger partial charge in [0.1, 0.15) is 6.10 Å². The predicted octanol–water partition coefficient (Wildman–Crippen LogP) is 1.68. The third-order valence-electron chi connectivity index (χ3n) is 4.09. The lowest BCUT2D eigenvalue weighted by molar-refractivity contribution is 0.0829. The van der Waals surface area contributed by atoms with Gasteiger partial charge in [-0.1, -0.05) is 20.8 Å². The summed E-state index contributed by atoms with van der Waals surface area (Å²) in [5.74, 6) is 3.19. The van der Waals surface area contributed by atoms with E-state index in [1.54, 1.807) is 0 Å². The first-order chi connectivity index (χ1) is 8.68. The first-order valence-corrected chi connectivity index (χ1v) is 6.96. The van der Waals surface area contributed by atoms with Crippen LogP contribution in [-0.2, 0) is 11.3 Å². The molecule has 3 rings (SSSR count). The molecule has 5 heteroatoms. The maximum Gasteiger partial charge on any atom is 0.162 e. The Hall–Kier alpha value is -0.940. The summed E-state index contributed by atoms with van der Waals surface area (Å²) in [5, 5.41) is 12.3. The number of hydrogen-bond acceptors (Lipinski definition) is 4. The molecule has 1 saturated heterocycles. The summed E-state index contributed by atoms with van der Waals surface area (Å²) in [6, 6.07) is 0.316. The van der Waals surface area contributed by atoms with E-state index in [0.29, 0.717) is 17.9 Å². The van der Waals surface area contributed by atoms with Crippen LogP contribution in [0.2, 0.25) is 0 Å². The van der Waals surface area contributed by atoms with Crippen LogP contribution in [-0.4, -0.2) is 27.9 Å². The molecule has 0 spiro atoms. The molecule has 3 atom stereocenters. The van der Waals surface area contributed by atoms with Gasteiger partial charge in [-0.2, -0.15) is 0 Å². The Morgan fingerprint density at radius 1 is 1.33 bits per heavy atom. The van der Waals surface area contributed by atoms with E-state index in [4.69, 9.17) is 4.74 Å². The minimum atomic E-state index is 0.136. The molecular formula is C13H22N4O. The summed E-state index contributed by atoms with van der Waals surface area (Å²) in [7, 11) is 0. The Balaban J connectivity index is 1.94. The normalized spacial score (nSPS) is 31.9. The molecule has 1 aromatic heterocycles. The van der Waals surface area contributed by atoms with Gasteiger partial charge in [-0.15, -0.1) is 10.2 Å². The van der Waals surface area contributed by atoms with Gasteiger partial charge in [0.2, 0.25) is 0 Å². The van der Waals surface area contributed by atoms with Crippen LogP contribution in [0.15, 0.2) is 0 Å². The molecule has 0 radical (unpaired) electrons. The molecule has 0 aromatic carbocycles. The second-order valence-corrected chi connectivity index (χ2v) is 5.80. The topological polar surface area (TPSA) is 52.0 Å². The van der Waals surface area contributed by atoms with Crippen LogP contribution in [0.1, 0.15) is 51.0 Å². The van der Waals surface area contributed by atoms with Crippen molar-refractivity contribution in [1.29, 1.82) is 0 Å². The highest BCUT2D eigenvalue weighted by atomic mass is 16.5. The van der Waals surface area contributed by atoms with Crippen molar-refractivity contribution in [1.82, 2.24) is 20.1 Å². The lowest BCUT2D eigenvalue weighted by Gasteiger charge is -2.28. The molecule has 1 aromatic rings. The highest BCUT2D eigenvalue weighted by Gasteiger charge is 2.34. The fraction of sp³-hybridized carbons (Fsp3) is 0.846. The lowest BCUT2D eigenvalue weighted by atomic mass is 10.0. The van der Waals surface area contributed by atoms with Gasteiger partial charge in [0.25, 0.3) is 0 Å². The zero-order valence-electron chi connectivity index (χ0n) is 11.4. The number of aromatic nitrogens is 3. The summed E-state index contributed by atoms with van der Waals surface area (Å²) in [5.41, 5.74) is 0. The fourth-order valence-corrected chi connectivity index (χ4v) is 2.98. The quantitative estimate of drug-likeness (QED) is 0.867. The van der Waals surface area contributed by atoms with E-state index in [-0.39, 0.29) is 6.10 Å². The molecule has 100 valence electrons. The van der Waals surface area contributed by atoms with Crippen LogP contribution in [0.25, 0.3) is 0 Å². The van der Waals surface area contributed by atoms with Crippen molar-refractivity contribution >= 4 is 0 Å². The first-order valence-electron chi connectivity index (χ1n) is 6.96. The lowest BCUT2D eigenvalue weighted by Crippen LogP contribution is -2.37. The van der Waals surface area contributed by atoms with Crippen LogP contribution < -0.4 is 5.32 Å². The molecule has 1 fully saturated rings. The summed E-state index contributed by atoms with van der Waals surface area (Å²) in [4.78, 5) is 0. The summed E-state index contributed by atoms with van der Waals surface area (Å²) < 4.78 is 8.10. The van der Waals surface area contributed by atoms with Crippen LogP contribution in [0, 0.1) is 11.8 Å². The molecule has 3 heterocycles. The Morgan fingerprint density at radius 3 is 2.78 bits per heavy atom. The van der Waals surface area contributed by atoms with Gasteiger partial charge in [0, 0.05) is 19.7 Å². The molecule has 2 aliphatic heterocycles. The molecule has 18 heavy (non-hydrogen) atoms. The molecule has 1 N–H and O–H groups in total. The Morgan fingerprint density at radius 2 is 2.11 bits per heavy atom.